The van der Waals surface area contributed by atoms with Crippen molar-refractivity contribution in [1.82, 2.24) is 9.03 Å². The van der Waals surface area contributed by atoms with Crippen LogP contribution in [0.2, 0.25) is 0 Å². The van der Waals surface area contributed by atoms with Crippen molar-refractivity contribution < 1.29 is 13.2 Å². The quantitative estimate of drug-likeness (QED) is 0.804. The fourth-order valence-electron chi connectivity index (χ4n) is 2.56. The molecule has 0 bridgehead atoms. The van der Waals surface area contributed by atoms with E-state index in [4.69, 9.17) is 10.5 Å². The highest BCUT2D eigenvalue weighted by atomic mass is 32.2. The molecule has 2 rings (SSSR count). The highest BCUT2D eigenvalue weighted by Gasteiger charge is 2.26. The molecule has 0 amide bonds. The lowest BCUT2D eigenvalue weighted by Gasteiger charge is -2.30. The molecule has 0 aliphatic carbocycles. The molecule has 1 aliphatic heterocycles. The third kappa shape index (κ3) is 4.09. The van der Waals surface area contributed by atoms with Gasteiger partial charge in [-0.15, -0.1) is 0 Å². The van der Waals surface area contributed by atoms with E-state index in [-0.39, 0.29) is 6.54 Å². The van der Waals surface area contributed by atoms with Crippen molar-refractivity contribution >= 4 is 15.9 Å². The lowest BCUT2D eigenvalue weighted by molar-refractivity contribution is 0.278. The zero-order chi connectivity index (χ0) is 15.5. The van der Waals surface area contributed by atoms with Crippen molar-refractivity contribution in [2.75, 3.05) is 25.9 Å². The lowest BCUT2D eigenvalue weighted by atomic mass is 10.0. The Morgan fingerprint density at radius 1 is 1.48 bits per heavy atom. The van der Waals surface area contributed by atoms with Crippen molar-refractivity contribution in [3.63, 3.8) is 0 Å². The first-order chi connectivity index (χ1) is 9.92. The van der Waals surface area contributed by atoms with Crippen molar-refractivity contribution in [1.29, 1.82) is 0 Å². The number of nitrogen functional groups attached to an aromatic ring is 1. The molecule has 6 nitrogen and oxygen atoms in total. The number of nitrogens with two attached hydrogens (primary N) is 1. The van der Waals surface area contributed by atoms with Crippen LogP contribution in [0.1, 0.15) is 25.3 Å². The number of ether oxygens (including phenoxy) is 1. The summed E-state index contributed by atoms with van der Waals surface area (Å²) in [5, 5.41) is 0. The van der Waals surface area contributed by atoms with E-state index in [0.29, 0.717) is 30.4 Å². The molecule has 118 valence electrons. The van der Waals surface area contributed by atoms with E-state index in [1.807, 2.05) is 0 Å². The van der Waals surface area contributed by atoms with Crippen LogP contribution in [-0.2, 0) is 16.8 Å². The molecule has 0 radical (unpaired) electrons. The number of nitrogens with one attached hydrogen (secondary N) is 1. The maximum absolute atomic E-state index is 12.3. The Kier molecular flexibility index (Phi) is 5.08. The van der Waals surface area contributed by atoms with E-state index in [1.165, 1.54) is 4.31 Å². The molecule has 1 aliphatic rings. The highest BCUT2D eigenvalue weighted by Crippen LogP contribution is 2.22. The Labute approximate surface area is 126 Å². The predicted octanol–water partition coefficient (Wildman–Crippen LogP) is 1.34. The van der Waals surface area contributed by atoms with Crippen LogP contribution < -0.4 is 15.2 Å². The number of benzene rings is 1. The largest absolute Gasteiger partial charge is 0.496 e. The third-order valence-corrected chi connectivity index (χ3v) is 5.23. The summed E-state index contributed by atoms with van der Waals surface area (Å²) in [5.41, 5.74) is 7.05. The number of rotatable bonds is 5. The van der Waals surface area contributed by atoms with Gasteiger partial charge in [0.2, 0.25) is 0 Å². The number of nitrogens with zero attached hydrogens (tertiary/aromatic N) is 1. The Hall–Kier alpha value is -1.31. The second-order valence-electron chi connectivity index (χ2n) is 5.50. The van der Waals surface area contributed by atoms with Crippen LogP contribution in [0.4, 0.5) is 5.69 Å². The number of hydrogen-bond acceptors (Lipinski definition) is 4. The van der Waals surface area contributed by atoms with Crippen LogP contribution in [0.3, 0.4) is 0 Å². The van der Waals surface area contributed by atoms with Crippen LogP contribution in [-0.4, -0.2) is 32.9 Å². The highest BCUT2D eigenvalue weighted by molar-refractivity contribution is 7.87. The van der Waals surface area contributed by atoms with E-state index < -0.39 is 10.2 Å². The summed E-state index contributed by atoms with van der Waals surface area (Å²) in [6.07, 6.45) is 1.98. The number of methoxy groups -OCH3 is 1. The maximum Gasteiger partial charge on any atom is 0.279 e. The maximum atomic E-state index is 12.3. The smallest absolute Gasteiger partial charge is 0.279 e. The molecular weight excluding hydrogens is 290 g/mol. The molecule has 21 heavy (non-hydrogen) atoms. The number of hydrogen-bond donors (Lipinski definition) is 2. The minimum atomic E-state index is -3.47. The summed E-state index contributed by atoms with van der Waals surface area (Å²) >= 11 is 0. The van der Waals surface area contributed by atoms with Gasteiger partial charge in [0.15, 0.2) is 0 Å². The first-order valence-electron chi connectivity index (χ1n) is 7.09. The van der Waals surface area contributed by atoms with Crippen molar-refractivity contribution in [3.8, 4) is 5.75 Å². The van der Waals surface area contributed by atoms with E-state index >= 15 is 0 Å². The molecule has 1 atom stereocenters. The Bertz CT molecular complexity index is 589. The minimum Gasteiger partial charge on any atom is -0.496 e. The topological polar surface area (TPSA) is 84.7 Å². The average molecular weight is 313 g/mol. The average Bonchev–Trinajstić information content (AvgIpc) is 2.45. The fraction of sp³-hybridized carbons (Fsp3) is 0.571. The Balaban J connectivity index is 2.06. The second-order valence-corrected chi connectivity index (χ2v) is 7.26. The van der Waals surface area contributed by atoms with Crippen LogP contribution in [0, 0.1) is 5.92 Å². The Morgan fingerprint density at radius 2 is 2.24 bits per heavy atom. The molecule has 0 saturated carbocycles. The number of piperidine rings is 1. The monoisotopic (exact) mass is 313 g/mol. The lowest BCUT2D eigenvalue weighted by Crippen LogP contribution is -2.45. The van der Waals surface area contributed by atoms with E-state index in [0.717, 1.165) is 18.4 Å². The molecule has 1 saturated heterocycles. The molecule has 1 heterocycles. The Morgan fingerprint density at radius 3 is 2.90 bits per heavy atom. The van der Waals surface area contributed by atoms with Gasteiger partial charge in [-0.25, -0.2) is 0 Å². The van der Waals surface area contributed by atoms with Gasteiger partial charge in [0, 0.05) is 30.9 Å². The molecule has 1 fully saturated rings. The molecule has 7 heteroatoms. The standard InChI is InChI=1S/C14H23N3O3S/c1-11-4-3-7-17(10-11)21(18,19)16-9-12-8-13(15)5-6-14(12)20-2/h5-6,8,11,16H,3-4,7,9-10,15H2,1-2H3. The van der Waals surface area contributed by atoms with Gasteiger partial charge in [0.1, 0.15) is 5.75 Å². The van der Waals surface area contributed by atoms with Gasteiger partial charge in [-0.2, -0.15) is 17.4 Å². The van der Waals surface area contributed by atoms with Crippen LogP contribution in [0.15, 0.2) is 18.2 Å². The van der Waals surface area contributed by atoms with E-state index in [1.54, 1.807) is 25.3 Å². The van der Waals surface area contributed by atoms with E-state index in [9.17, 15) is 8.42 Å². The summed E-state index contributed by atoms with van der Waals surface area (Å²) in [6, 6.07) is 5.19. The first-order valence-corrected chi connectivity index (χ1v) is 8.53. The molecule has 0 aromatic heterocycles. The van der Waals surface area contributed by atoms with Gasteiger partial charge in [0.05, 0.1) is 7.11 Å². The molecular formula is C14H23N3O3S. The van der Waals surface area contributed by atoms with Gasteiger partial charge in [-0.3, -0.25) is 0 Å². The SMILES string of the molecule is COc1ccc(N)cc1CNS(=O)(=O)N1CCCC(C)C1. The summed E-state index contributed by atoms with van der Waals surface area (Å²) in [7, 11) is -1.91. The van der Waals surface area contributed by atoms with Gasteiger partial charge in [-0.05, 0) is 37.0 Å². The fourth-order valence-corrected chi connectivity index (χ4v) is 3.90. The van der Waals surface area contributed by atoms with Crippen molar-refractivity contribution in [2.45, 2.75) is 26.3 Å². The molecule has 1 aromatic carbocycles. The normalized spacial score (nSPS) is 20.4. The number of anilines is 1. The van der Waals surface area contributed by atoms with Gasteiger partial charge in [0.25, 0.3) is 10.2 Å². The van der Waals surface area contributed by atoms with Crippen molar-refractivity contribution in [2.24, 2.45) is 5.92 Å². The zero-order valence-electron chi connectivity index (χ0n) is 12.5. The summed E-state index contributed by atoms with van der Waals surface area (Å²) in [6.45, 7) is 3.39. The van der Waals surface area contributed by atoms with Gasteiger partial charge in [-0.1, -0.05) is 6.92 Å². The first kappa shape index (κ1) is 16.1. The summed E-state index contributed by atoms with van der Waals surface area (Å²) in [4.78, 5) is 0. The van der Waals surface area contributed by atoms with Crippen molar-refractivity contribution in [3.05, 3.63) is 23.8 Å². The van der Waals surface area contributed by atoms with Crippen LogP contribution >= 0.6 is 0 Å². The van der Waals surface area contributed by atoms with E-state index in [2.05, 4.69) is 11.6 Å². The molecule has 3 N–H and O–H groups in total. The summed E-state index contributed by atoms with van der Waals surface area (Å²) in [5.74, 6) is 1.02. The summed E-state index contributed by atoms with van der Waals surface area (Å²) < 4.78 is 34.0. The van der Waals surface area contributed by atoms with Gasteiger partial charge < -0.3 is 10.5 Å². The zero-order valence-corrected chi connectivity index (χ0v) is 13.3. The molecule has 0 spiro atoms. The van der Waals surface area contributed by atoms with Gasteiger partial charge >= 0.3 is 0 Å². The third-order valence-electron chi connectivity index (χ3n) is 3.71. The predicted molar refractivity (Wildman–Crippen MR) is 83.1 cm³/mol. The minimum absolute atomic E-state index is 0.168. The van der Waals surface area contributed by atoms with Crippen LogP contribution in [0.25, 0.3) is 0 Å². The second kappa shape index (κ2) is 6.64. The van der Waals surface area contributed by atoms with Crippen LogP contribution in [0.5, 0.6) is 5.75 Å². The molecule has 1 unspecified atom stereocenters. The molecule has 1 aromatic rings.